The predicted molar refractivity (Wildman–Crippen MR) is 47.2 cm³/mol. The van der Waals surface area contributed by atoms with E-state index >= 15 is 0 Å². The van der Waals surface area contributed by atoms with Gasteiger partial charge in [-0.2, -0.15) is 0 Å². The van der Waals surface area contributed by atoms with Gasteiger partial charge in [0.25, 0.3) is 0 Å². The molecule has 1 saturated carbocycles. The van der Waals surface area contributed by atoms with Gasteiger partial charge in [0.05, 0.1) is 0 Å². The summed E-state index contributed by atoms with van der Waals surface area (Å²) >= 11 is 0. The monoisotopic (exact) mass is 157 g/mol. The maximum Gasteiger partial charge on any atom is 0.0195 e. The average Bonchev–Trinajstić information content (AvgIpc) is 1.98. The quantitative estimate of drug-likeness (QED) is 0.514. The highest BCUT2D eigenvalue weighted by Crippen LogP contribution is 2.21. The SMILES string of the molecule is CNCC1CC[C@H](N)[C@@H](N)C1. The van der Waals surface area contributed by atoms with E-state index in [0.717, 1.165) is 25.3 Å². The summed E-state index contributed by atoms with van der Waals surface area (Å²) in [5, 5.41) is 3.18. The van der Waals surface area contributed by atoms with Gasteiger partial charge in [-0.15, -0.1) is 0 Å². The number of nitrogens with one attached hydrogen (secondary N) is 1. The van der Waals surface area contributed by atoms with E-state index in [1.54, 1.807) is 0 Å². The van der Waals surface area contributed by atoms with Gasteiger partial charge in [0.1, 0.15) is 0 Å². The standard InChI is InChI=1S/C8H19N3/c1-11-5-6-2-3-7(9)8(10)4-6/h6-8,11H,2-5,9-10H2,1H3/t6?,7-,8-/m0/s1. The molecule has 3 heteroatoms. The molecule has 0 radical (unpaired) electrons. The Balaban J connectivity index is 2.28. The molecule has 0 aromatic heterocycles. The lowest BCUT2D eigenvalue weighted by Crippen LogP contribution is -2.47. The van der Waals surface area contributed by atoms with Gasteiger partial charge in [-0.25, -0.2) is 0 Å². The van der Waals surface area contributed by atoms with Gasteiger partial charge in [-0.1, -0.05) is 0 Å². The summed E-state index contributed by atoms with van der Waals surface area (Å²) in [6.07, 6.45) is 3.41. The van der Waals surface area contributed by atoms with Crippen molar-refractivity contribution >= 4 is 0 Å². The Morgan fingerprint density at radius 2 is 2.00 bits per heavy atom. The molecule has 3 atom stereocenters. The third-order valence-electron chi connectivity index (χ3n) is 2.56. The van der Waals surface area contributed by atoms with Crippen LogP contribution in [-0.4, -0.2) is 25.7 Å². The highest BCUT2D eigenvalue weighted by molar-refractivity contribution is 4.85. The molecule has 0 aromatic rings. The van der Waals surface area contributed by atoms with Crippen LogP contribution in [0.4, 0.5) is 0 Å². The van der Waals surface area contributed by atoms with Gasteiger partial charge in [0.15, 0.2) is 0 Å². The van der Waals surface area contributed by atoms with Gasteiger partial charge < -0.3 is 16.8 Å². The van der Waals surface area contributed by atoms with Crippen molar-refractivity contribution in [2.24, 2.45) is 17.4 Å². The molecule has 11 heavy (non-hydrogen) atoms. The molecule has 0 spiro atoms. The largest absolute Gasteiger partial charge is 0.326 e. The van der Waals surface area contributed by atoms with Crippen molar-refractivity contribution in [3.05, 3.63) is 0 Å². The molecule has 1 aliphatic carbocycles. The molecule has 5 N–H and O–H groups in total. The minimum absolute atomic E-state index is 0.224. The van der Waals surface area contributed by atoms with Crippen LogP contribution in [0.5, 0.6) is 0 Å². The molecule has 1 fully saturated rings. The summed E-state index contributed by atoms with van der Waals surface area (Å²) in [5.74, 6) is 0.745. The minimum atomic E-state index is 0.224. The first-order chi connectivity index (χ1) is 5.24. The van der Waals surface area contributed by atoms with Crippen LogP contribution in [0.2, 0.25) is 0 Å². The van der Waals surface area contributed by atoms with Crippen LogP contribution >= 0.6 is 0 Å². The van der Waals surface area contributed by atoms with Crippen molar-refractivity contribution in [3.63, 3.8) is 0 Å². The van der Waals surface area contributed by atoms with E-state index in [1.165, 1.54) is 6.42 Å². The molecule has 0 saturated heterocycles. The normalized spacial score (nSPS) is 39.0. The second-order valence-corrected chi connectivity index (χ2v) is 3.56. The van der Waals surface area contributed by atoms with Gasteiger partial charge in [-0.3, -0.25) is 0 Å². The second kappa shape index (κ2) is 4.04. The average molecular weight is 157 g/mol. The third kappa shape index (κ3) is 2.43. The van der Waals surface area contributed by atoms with Crippen molar-refractivity contribution in [2.45, 2.75) is 31.3 Å². The van der Waals surface area contributed by atoms with Crippen molar-refractivity contribution in [1.29, 1.82) is 0 Å². The zero-order valence-corrected chi connectivity index (χ0v) is 7.22. The fourth-order valence-corrected chi connectivity index (χ4v) is 1.79. The van der Waals surface area contributed by atoms with Crippen molar-refractivity contribution in [2.75, 3.05) is 13.6 Å². The minimum Gasteiger partial charge on any atom is -0.326 e. The van der Waals surface area contributed by atoms with Crippen LogP contribution in [0, 0.1) is 5.92 Å². The maximum absolute atomic E-state index is 5.85. The Labute approximate surface area is 68.5 Å². The van der Waals surface area contributed by atoms with Gasteiger partial charge in [0, 0.05) is 12.1 Å². The summed E-state index contributed by atoms with van der Waals surface area (Å²) in [6.45, 7) is 1.08. The van der Waals surface area contributed by atoms with Crippen molar-refractivity contribution in [1.82, 2.24) is 5.32 Å². The molecule has 1 rings (SSSR count). The molecule has 0 amide bonds. The van der Waals surface area contributed by atoms with Gasteiger partial charge in [-0.05, 0) is 38.8 Å². The Hall–Kier alpha value is -0.120. The van der Waals surface area contributed by atoms with E-state index in [4.69, 9.17) is 11.5 Å². The zero-order valence-electron chi connectivity index (χ0n) is 7.22. The first kappa shape index (κ1) is 8.97. The molecule has 0 bridgehead atoms. The second-order valence-electron chi connectivity index (χ2n) is 3.56. The molecular formula is C8H19N3. The number of nitrogens with two attached hydrogens (primary N) is 2. The summed E-state index contributed by atoms with van der Waals surface area (Å²) in [4.78, 5) is 0. The van der Waals surface area contributed by atoms with Crippen LogP contribution in [0.1, 0.15) is 19.3 Å². The highest BCUT2D eigenvalue weighted by atomic mass is 14.8. The highest BCUT2D eigenvalue weighted by Gasteiger charge is 2.24. The molecule has 0 aliphatic heterocycles. The molecule has 1 unspecified atom stereocenters. The van der Waals surface area contributed by atoms with Crippen molar-refractivity contribution < 1.29 is 0 Å². The van der Waals surface area contributed by atoms with Crippen LogP contribution in [0.3, 0.4) is 0 Å². The van der Waals surface area contributed by atoms with Gasteiger partial charge in [0.2, 0.25) is 0 Å². The fourth-order valence-electron chi connectivity index (χ4n) is 1.79. The molecular weight excluding hydrogens is 138 g/mol. The topological polar surface area (TPSA) is 64.1 Å². The van der Waals surface area contributed by atoms with E-state index in [0.29, 0.717) is 0 Å². The zero-order chi connectivity index (χ0) is 8.27. The number of rotatable bonds is 2. The summed E-state index contributed by atoms with van der Waals surface area (Å²) in [6, 6.07) is 0.463. The molecule has 66 valence electrons. The summed E-state index contributed by atoms with van der Waals surface area (Å²) in [7, 11) is 1.99. The number of hydrogen-bond acceptors (Lipinski definition) is 3. The van der Waals surface area contributed by atoms with Crippen molar-refractivity contribution in [3.8, 4) is 0 Å². The number of hydrogen-bond donors (Lipinski definition) is 3. The first-order valence-electron chi connectivity index (χ1n) is 4.39. The molecule has 0 heterocycles. The Bertz CT molecular complexity index is 116. The fraction of sp³-hybridized carbons (Fsp3) is 1.00. The summed E-state index contributed by atoms with van der Waals surface area (Å²) in [5.41, 5.74) is 11.6. The first-order valence-corrected chi connectivity index (χ1v) is 4.39. The van der Waals surface area contributed by atoms with Crippen LogP contribution in [0.25, 0.3) is 0 Å². The molecule has 0 aromatic carbocycles. The van der Waals surface area contributed by atoms with Gasteiger partial charge >= 0.3 is 0 Å². The lowest BCUT2D eigenvalue weighted by molar-refractivity contribution is 0.285. The van der Waals surface area contributed by atoms with E-state index in [-0.39, 0.29) is 12.1 Å². The smallest absolute Gasteiger partial charge is 0.0195 e. The maximum atomic E-state index is 5.85. The van der Waals surface area contributed by atoms with E-state index in [1.807, 2.05) is 7.05 Å². The van der Waals surface area contributed by atoms with Crippen LogP contribution in [-0.2, 0) is 0 Å². The van der Waals surface area contributed by atoms with Crippen LogP contribution < -0.4 is 16.8 Å². The molecule has 3 nitrogen and oxygen atoms in total. The van der Waals surface area contributed by atoms with E-state index in [2.05, 4.69) is 5.32 Å². The predicted octanol–water partition coefficient (Wildman–Crippen LogP) is -0.339. The van der Waals surface area contributed by atoms with E-state index in [9.17, 15) is 0 Å². The summed E-state index contributed by atoms with van der Waals surface area (Å²) < 4.78 is 0. The Morgan fingerprint density at radius 3 is 2.55 bits per heavy atom. The lowest BCUT2D eigenvalue weighted by atomic mass is 9.83. The van der Waals surface area contributed by atoms with Crippen LogP contribution in [0.15, 0.2) is 0 Å². The Kier molecular flexibility index (Phi) is 3.30. The Morgan fingerprint density at radius 1 is 1.27 bits per heavy atom. The lowest BCUT2D eigenvalue weighted by Gasteiger charge is -2.31. The molecule has 1 aliphatic rings. The third-order valence-corrected chi connectivity index (χ3v) is 2.56. The van der Waals surface area contributed by atoms with E-state index < -0.39 is 0 Å².